The molecule has 2 aromatic carbocycles. The van der Waals surface area contributed by atoms with Crippen molar-refractivity contribution in [1.29, 1.82) is 0 Å². The van der Waals surface area contributed by atoms with E-state index in [2.05, 4.69) is 17.1 Å². The van der Waals surface area contributed by atoms with Gasteiger partial charge in [0, 0.05) is 29.8 Å². The number of ketones is 1. The molecule has 0 saturated carbocycles. The molecule has 5 heteroatoms. The minimum atomic E-state index is -0.0310. The average molecular weight is 378 g/mol. The van der Waals surface area contributed by atoms with Gasteiger partial charge in [-0.1, -0.05) is 12.1 Å². The molecule has 0 radical (unpaired) electrons. The SMILES string of the molecule is CC(=O)c1cccc(Oc2ccc(C(=O)NC3CN4CCC3CC4C)cc2)c1. The number of fused-ring (bicyclic) bond motifs is 3. The number of rotatable bonds is 5. The topological polar surface area (TPSA) is 58.6 Å². The molecule has 146 valence electrons. The fraction of sp³-hybridized carbons (Fsp3) is 0.391. The summed E-state index contributed by atoms with van der Waals surface area (Å²) in [5, 5.41) is 3.22. The van der Waals surface area contributed by atoms with Gasteiger partial charge in [0.2, 0.25) is 0 Å². The van der Waals surface area contributed by atoms with E-state index in [1.54, 1.807) is 42.5 Å². The van der Waals surface area contributed by atoms with Crippen molar-refractivity contribution in [2.24, 2.45) is 5.92 Å². The number of carbonyl (C=O) groups excluding carboxylic acids is 2. The summed E-state index contributed by atoms with van der Waals surface area (Å²) in [6.07, 6.45) is 2.33. The summed E-state index contributed by atoms with van der Waals surface area (Å²) in [5.74, 6) is 1.79. The van der Waals surface area contributed by atoms with E-state index in [0.717, 1.165) is 19.5 Å². The van der Waals surface area contributed by atoms with Crippen molar-refractivity contribution in [1.82, 2.24) is 10.2 Å². The fourth-order valence-corrected chi connectivity index (χ4v) is 4.30. The van der Waals surface area contributed by atoms with Crippen LogP contribution in [0.5, 0.6) is 11.5 Å². The van der Waals surface area contributed by atoms with Crippen molar-refractivity contribution < 1.29 is 14.3 Å². The Morgan fingerprint density at radius 3 is 2.50 bits per heavy atom. The maximum atomic E-state index is 12.7. The van der Waals surface area contributed by atoms with Crippen LogP contribution in [0.25, 0.3) is 0 Å². The number of nitrogens with zero attached hydrogens (tertiary/aromatic N) is 1. The van der Waals surface area contributed by atoms with Crippen LogP contribution in [-0.2, 0) is 0 Å². The van der Waals surface area contributed by atoms with E-state index in [-0.39, 0.29) is 17.7 Å². The third kappa shape index (κ3) is 3.94. The molecule has 2 aromatic rings. The standard InChI is InChI=1S/C23H26N2O3/c1-15-12-19-10-11-25(15)14-22(19)24-23(27)17-6-8-20(9-7-17)28-21-5-3-4-18(13-21)16(2)26/h3-9,13,15,19,22H,10-12,14H2,1-2H3,(H,24,27). The molecule has 1 N–H and O–H groups in total. The number of nitrogens with one attached hydrogen (secondary N) is 1. The summed E-state index contributed by atoms with van der Waals surface area (Å²) in [4.78, 5) is 26.6. The van der Waals surface area contributed by atoms with Crippen LogP contribution in [0.4, 0.5) is 0 Å². The molecule has 3 fully saturated rings. The predicted molar refractivity (Wildman–Crippen MR) is 108 cm³/mol. The van der Waals surface area contributed by atoms with E-state index in [1.807, 2.05) is 6.07 Å². The molecule has 3 aliphatic rings. The Morgan fingerprint density at radius 1 is 1.07 bits per heavy atom. The third-order valence-corrected chi connectivity index (χ3v) is 5.96. The first-order valence-electron chi connectivity index (χ1n) is 9.93. The molecule has 1 amide bonds. The highest BCUT2D eigenvalue weighted by atomic mass is 16.5. The van der Waals surface area contributed by atoms with Crippen molar-refractivity contribution in [3.05, 3.63) is 59.7 Å². The molecule has 4 atom stereocenters. The molecule has 0 spiro atoms. The van der Waals surface area contributed by atoms with Crippen molar-refractivity contribution in [2.75, 3.05) is 13.1 Å². The van der Waals surface area contributed by atoms with Crippen molar-refractivity contribution in [2.45, 2.75) is 38.8 Å². The summed E-state index contributed by atoms with van der Waals surface area (Å²) in [5.41, 5.74) is 1.25. The first kappa shape index (κ1) is 18.7. The Bertz CT molecular complexity index is 878. The molecule has 2 bridgehead atoms. The van der Waals surface area contributed by atoms with Crippen LogP contribution in [-0.4, -0.2) is 41.8 Å². The summed E-state index contributed by atoms with van der Waals surface area (Å²) < 4.78 is 5.82. The number of piperidine rings is 3. The first-order valence-corrected chi connectivity index (χ1v) is 9.93. The van der Waals surface area contributed by atoms with Gasteiger partial charge >= 0.3 is 0 Å². The third-order valence-electron chi connectivity index (χ3n) is 5.96. The first-order chi connectivity index (χ1) is 13.5. The Labute approximate surface area is 165 Å². The van der Waals surface area contributed by atoms with Crippen LogP contribution in [0.2, 0.25) is 0 Å². The maximum Gasteiger partial charge on any atom is 0.251 e. The minimum Gasteiger partial charge on any atom is -0.457 e. The molecule has 0 aromatic heterocycles. The van der Waals surface area contributed by atoms with Gasteiger partial charge in [0.25, 0.3) is 5.91 Å². The van der Waals surface area contributed by atoms with Gasteiger partial charge in [-0.25, -0.2) is 0 Å². The zero-order valence-electron chi connectivity index (χ0n) is 16.4. The zero-order chi connectivity index (χ0) is 19.7. The molecular formula is C23H26N2O3. The van der Waals surface area contributed by atoms with E-state index in [0.29, 0.717) is 34.6 Å². The molecule has 5 rings (SSSR count). The van der Waals surface area contributed by atoms with E-state index < -0.39 is 0 Å². The average Bonchev–Trinajstić information content (AvgIpc) is 2.69. The van der Waals surface area contributed by atoms with Gasteiger partial charge in [-0.3, -0.25) is 14.5 Å². The Morgan fingerprint density at radius 2 is 1.86 bits per heavy atom. The van der Waals surface area contributed by atoms with Gasteiger partial charge < -0.3 is 10.1 Å². The van der Waals surface area contributed by atoms with Crippen LogP contribution in [0, 0.1) is 5.92 Å². The number of hydrogen-bond acceptors (Lipinski definition) is 4. The van der Waals surface area contributed by atoms with Gasteiger partial charge in [-0.2, -0.15) is 0 Å². The zero-order valence-corrected chi connectivity index (χ0v) is 16.4. The Hall–Kier alpha value is -2.66. The van der Waals surface area contributed by atoms with Crippen molar-refractivity contribution in [3.8, 4) is 11.5 Å². The van der Waals surface area contributed by atoms with Crippen LogP contribution >= 0.6 is 0 Å². The molecule has 3 heterocycles. The molecule has 28 heavy (non-hydrogen) atoms. The van der Waals surface area contributed by atoms with Crippen LogP contribution in [0.15, 0.2) is 48.5 Å². The fourth-order valence-electron chi connectivity index (χ4n) is 4.30. The minimum absolute atomic E-state index is 0.000367. The molecule has 3 saturated heterocycles. The van der Waals surface area contributed by atoms with Gasteiger partial charge in [0.15, 0.2) is 5.78 Å². The molecule has 0 aliphatic carbocycles. The molecule has 4 unspecified atom stereocenters. The van der Waals surface area contributed by atoms with Crippen molar-refractivity contribution in [3.63, 3.8) is 0 Å². The Kier molecular flexibility index (Phi) is 5.18. The van der Waals surface area contributed by atoms with Crippen LogP contribution < -0.4 is 10.1 Å². The second-order valence-corrected chi connectivity index (χ2v) is 7.92. The second kappa shape index (κ2) is 7.76. The van der Waals surface area contributed by atoms with E-state index >= 15 is 0 Å². The normalized spacial score (nSPS) is 25.9. The van der Waals surface area contributed by atoms with E-state index in [4.69, 9.17) is 4.74 Å². The number of amides is 1. The monoisotopic (exact) mass is 378 g/mol. The smallest absolute Gasteiger partial charge is 0.251 e. The molecule has 3 aliphatic heterocycles. The molecule has 5 nitrogen and oxygen atoms in total. The highest BCUT2D eigenvalue weighted by molar-refractivity contribution is 5.95. The lowest BCUT2D eigenvalue weighted by Crippen LogP contribution is -2.60. The van der Waals surface area contributed by atoms with Gasteiger partial charge in [-0.05, 0) is 75.5 Å². The van der Waals surface area contributed by atoms with Gasteiger partial charge in [-0.15, -0.1) is 0 Å². The summed E-state index contributed by atoms with van der Waals surface area (Å²) in [6.45, 7) is 5.90. The largest absolute Gasteiger partial charge is 0.457 e. The number of Topliss-reactive ketones (excluding diaryl/α,β-unsaturated/α-hetero) is 1. The second-order valence-electron chi connectivity index (χ2n) is 7.92. The predicted octanol–water partition coefficient (Wildman–Crippen LogP) is 3.89. The van der Waals surface area contributed by atoms with Gasteiger partial charge in [0.05, 0.1) is 0 Å². The highest BCUT2D eigenvalue weighted by Gasteiger charge is 2.38. The highest BCUT2D eigenvalue weighted by Crippen LogP contribution is 2.32. The van der Waals surface area contributed by atoms with Crippen molar-refractivity contribution >= 4 is 11.7 Å². The van der Waals surface area contributed by atoms with E-state index in [1.165, 1.54) is 13.3 Å². The summed E-state index contributed by atoms with van der Waals surface area (Å²) in [6, 6.07) is 15.1. The van der Waals surface area contributed by atoms with E-state index in [9.17, 15) is 9.59 Å². The Balaban J connectivity index is 1.38. The van der Waals surface area contributed by atoms with Gasteiger partial charge in [0.1, 0.15) is 11.5 Å². The lowest BCUT2D eigenvalue weighted by Gasteiger charge is -2.48. The van der Waals surface area contributed by atoms with Crippen LogP contribution in [0.3, 0.4) is 0 Å². The quantitative estimate of drug-likeness (QED) is 0.802. The number of benzene rings is 2. The number of ether oxygens (including phenoxy) is 1. The summed E-state index contributed by atoms with van der Waals surface area (Å²) in [7, 11) is 0. The molecular weight excluding hydrogens is 352 g/mol. The lowest BCUT2D eigenvalue weighted by molar-refractivity contribution is 0.0274. The summed E-state index contributed by atoms with van der Waals surface area (Å²) >= 11 is 0. The van der Waals surface area contributed by atoms with Crippen LogP contribution in [0.1, 0.15) is 47.4 Å². The maximum absolute atomic E-state index is 12.7. The number of hydrogen-bond donors (Lipinski definition) is 1. The lowest BCUT2D eigenvalue weighted by atomic mass is 9.80. The number of carbonyl (C=O) groups is 2.